The molecule has 0 aromatic heterocycles. The summed E-state index contributed by atoms with van der Waals surface area (Å²) in [6, 6.07) is 0. The lowest BCUT2D eigenvalue weighted by Crippen LogP contribution is -2.12. The number of rotatable bonds is 14. The van der Waals surface area contributed by atoms with Crippen LogP contribution < -0.4 is 0 Å². The molecular weight excluding hydrogens is 271 g/mol. The third-order valence-electron chi connectivity index (χ3n) is 3.64. The van der Waals surface area contributed by atoms with Crippen molar-refractivity contribution in [3.05, 3.63) is 0 Å². The van der Waals surface area contributed by atoms with E-state index in [1.54, 1.807) is 0 Å². The zero-order valence-electron chi connectivity index (χ0n) is 13.9. The molecule has 0 aliphatic rings. The number of hydrogen-bond donors (Lipinski definition) is 0. The van der Waals surface area contributed by atoms with Crippen LogP contribution in [0.5, 0.6) is 0 Å². The van der Waals surface area contributed by atoms with E-state index in [9.17, 15) is 4.57 Å². The van der Waals surface area contributed by atoms with Crippen molar-refractivity contribution in [2.75, 3.05) is 0 Å². The molecule has 2 unspecified atom stereocenters. The van der Waals surface area contributed by atoms with E-state index in [-0.39, 0.29) is 12.2 Å². The average Bonchev–Trinajstić information content (AvgIpc) is 2.45. The summed E-state index contributed by atoms with van der Waals surface area (Å²) >= 11 is 0. The molecule has 0 aliphatic carbocycles. The molecule has 2 atom stereocenters. The molecule has 120 valence electrons. The first kappa shape index (κ1) is 20.0. The Balaban J connectivity index is 3.96. The predicted molar refractivity (Wildman–Crippen MR) is 86.2 cm³/mol. The van der Waals surface area contributed by atoms with Crippen LogP contribution in [0.3, 0.4) is 0 Å². The molecular formula is C16H34O3P+. The summed E-state index contributed by atoms with van der Waals surface area (Å²) in [5, 5.41) is 0. The van der Waals surface area contributed by atoms with Gasteiger partial charge >= 0.3 is 8.25 Å². The highest BCUT2D eigenvalue weighted by Gasteiger charge is 2.29. The minimum absolute atomic E-state index is 0.0818. The molecule has 0 aromatic rings. The second kappa shape index (κ2) is 14.0. The van der Waals surface area contributed by atoms with Crippen LogP contribution in [-0.2, 0) is 13.6 Å². The van der Waals surface area contributed by atoms with E-state index in [0.717, 1.165) is 38.5 Å². The minimum Gasteiger partial charge on any atom is -0.116 e. The fourth-order valence-electron chi connectivity index (χ4n) is 2.18. The topological polar surface area (TPSA) is 35.5 Å². The van der Waals surface area contributed by atoms with Gasteiger partial charge in [0.15, 0.2) is 0 Å². The summed E-state index contributed by atoms with van der Waals surface area (Å²) in [5.74, 6) is 0. The van der Waals surface area contributed by atoms with Crippen molar-refractivity contribution in [3.63, 3.8) is 0 Å². The van der Waals surface area contributed by atoms with Crippen LogP contribution in [0.4, 0.5) is 0 Å². The Kier molecular flexibility index (Phi) is 14.0. The predicted octanol–water partition coefficient (Wildman–Crippen LogP) is 6.39. The van der Waals surface area contributed by atoms with Gasteiger partial charge in [-0.2, -0.15) is 0 Å². The molecule has 0 aliphatic heterocycles. The van der Waals surface area contributed by atoms with Crippen LogP contribution in [0.2, 0.25) is 0 Å². The number of hydrogen-bond acceptors (Lipinski definition) is 3. The van der Waals surface area contributed by atoms with E-state index in [0.29, 0.717) is 0 Å². The zero-order valence-corrected chi connectivity index (χ0v) is 14.8. The van der Waals surface area contributed by atoms with Gasteiger partial charge in [-0.15, -0.1) is 9.05 Å². The smallest absolute Gasteiger partial charge is 0.116 e. The molecule has 0 aromatic carbocycles. The van der Waals surface area contributed by atoms with Crippen molar-refractivity contribution in [2.24, 2.45) is 0 Å². The fraction of sp³-hybridized carbons (Fsp3) is 1.00. The lowest BCUT2D eigenvalue weighted by atomic mass is 10.1. The molecule has 4 heteroatoms. The summed E-state index contributed by atoms with van der Waals surface area (Å²) in [4.78, 5) is 0. The summed E-state index contributed by atoms with van der Waals surface area (Å²) < 4.78 is 23.1. The van der Waals surface area contributed by atoms with E-state index >= 15 is 0 Å². The number of unbranched alkanes of at least 4 members (excludes halogenated alkanes) is 4. The molecule has 20 heavy (non-hydrogen) atoms. The maximum Gasteiger partial charge on any atom is 0.697 e. The van der Waals surface area contributed by atoms with Gasteiger partial charge in [-0.3, -0.25) is 0 Å². The Morgan fingerprint density at radius 2 is 1.15 bits per heavy atom. The molecule has 0 spiro atoms. The second-order valence-corrected chi connectivity index (χ2v) is 6.36. The van der Waals surface area contributed by atoms with Gasteiger partial charge in [0.25, 0.3) is 0 Å². The molecule has 0 N–H and O–H groups in total. The van der Waals surface area contributed by atoms with Crippen molar-refractivity contribution >= 4 is 8.25 Å². The maximum absolute atomic E-state index is 12.0. The lowest BCUT2D eigenvalue weighted by Gasteiger charge is -2.10. The normalized spacial score (nSPS) is 15.1. The van der Waals surface area contributed by atoms with Crippen LogP contribution in [0.25, 0.3) is 0 Å². The largest absolute Gasteiger partial charge is 0.697 e. The minimum atomic E-state index is -1.96. The van der Waals surface area contributed by atoms with Crippen LogP contribution in [0, 0.1) is 0 Å². The zero-order chi connectivity index (χ0) is 15.2. The van der Waals surface area contributed by atoms with Gasteiger partial charge in [0.05, 0.1) is 0 Å². The molecule has 0 saturated heterocycles. The standard InChI is InChI=1S/C16H34O3P/c1-5-9-11-13-15(7-3)18-20(17)19-16(8-4)14-12-10-6-2/h15-16H,5-14H2,1-4H3/q+1. The SMILES string of the molecule is CCCCCC(CC)O[P+](=O)OC(CC)CCCCC. The molecule has 0 bridgehead atoms. The second-order valence-electron chi connectivity index (χ2n) is 5.49. The Labute approximate surface area is 126 Å². The highest BCUT2D eigenvalue weighted by atomic mass is 31.1. The molecule has 0 amide bonds. The van der Waals surface area contributed by atoms with Crippen LogP contribution in [0.1, 0.15) is 91.9 Å². The van der Waals surface area contributed by atoms with Crippen molar-refractivity contribution < 1.29 is 13.6 Å². The van der Waals surface area contributed by atoms with Gasteiger partial charge in [-0.25, -0.2) is 0 Å². The van der Waals surface area contributed by atoms with Crippen molar-refractivity contribution in [1.82, 2.24) is 0 Å². The van der Waals surface area contributed by atoms with Gasteiger partial charge in [0, 0.05) is 4.57 Å². The first-order valence-corrected chi connectivity index (χ1v) is 9.58. The lowest BCUT2D eigenvalue weighted by molar-refractivity contribution is 0.114. The van der Waals surface area contributed by atoms with Crippen LogP contribution >= 0.6 is 8.25 Å². The highest BCUT2D eigenvalue weighted by molar-refractivity contribution is 7.33. The van der Waals surface area contributed by atoms with Gasteiger partial charge in [-0.05, 0) is 25.7 Å². The third kappa shape index (κ3) is 10.8. The first-order valence-electron chi connectivity index (χ1n) is 8.48. The van der Waals surface area contributed by atoms with E-state index in [1.807, 2.05) is 0 Å². The van der Waals surface area contributed by atoms with Gasteiger partial charge in [-0.1, -0.05) is 66.2 Å². The summed E-state index contributed by atoms with van der Waals surface area (Å²) in [6.45, 7) is 8.54. The van der Waals surface area contributed by atoms with Crippen molar-refractivity contribution in [3.8, 4) is 0 Å². The van der Waals surface area contributed by atoms with E-state index in [2.05, 4.69) is 27.7 Å². The molecule has 0 radical (unpaired) electrons. The van der Waals surface area contributed by atoms with Crippen molar-refractivity contribution in [1.29, 1.82) is 0 Å². The van der Waals surface area contributed by atoms with Crippen LogP contribution in [-0.4, -0.2) is 12.2 Å². The summed E-state index contributed by atoms with van der Waals surface area (Å²) in [7, 11) is -1.96. The highest BCUT2D eigenvalue weighted by Crippen LogP contribution is 2.32. The maximum atomic E-state index is 12.0. The monoisotopic (exact) mass is 305 g/mol. The summed E-state index contributed by atoms with van der Waals surface area (Å²) in [5.41, 5.74) is 0. The Hall–Kier alpha value is 0.0200. The summed E-state index contributed by atoms with van der Waals surface area (Å²) in [6.07, 6.45) is 11.1. The van der Waals surface area contributed by atoms with Crippen LogP contribution in [0.15, 0.2) is 0 Å². The van der Waals surface area contributed by atoms with E-state index in [1.165, 1.54) is 25.7 Å². The average molecular weight is 305 g/mol. The molecule has 0 heterocycles. The Morgan fingerprint density at radius 3 is 1.45 bits per heavy atom. The Bertz CT molecular complexity index is 212. The van der Waals surface area contributed by atoms with Gasteiger partial charge < -0.3 is 0 Å². The van der Waals surface area contributed by atoms with E-state index in [4.69, 9.17) is 9.05 Å². The first-order chi connectivity index (χ1) is 9.67. The van der Waals surface area contributed by atoms with E-state index < -0.39 is 8.25 Å². The Morgan fingerprint density at radius 1 is 0.750 bits per heavy atom. The molecule has 3 nitrogen and oxygen atoms in total. The fourth-order valence-corrected chi connectivity index (χ4v) is 3.22. The molecule has 0 rings (SSSR count). The van der Waals surface area contributed by atoms with Gasteiger partial charge in [0.2, 0.25) is 0 Å². The van der Waals surface area contributed by atoms with Crippen molar-refractivity contribution in [2.45, 2.75) is 104 Å². The quantitative estimate of drug-likeness (QED) is 0.275. The molecule has 0 saturated carbocycles. The third-order valence-corrected chi connectivity index (χ3v) is 4.58. The molecule has 0 fully saturated rings. The van der Waals surface area contributed by atoms with Gasteiger partial charge in [0.1, 0.15) is 12.2 Å².